The zero-order chi connectivity index (χ0) is 12.3. The Morgan fingerprint density at radius 2 is 2.19 bits per heavy atom. The SMILES string of the molecule is C#CC(C)(C)Nc1ccc(Cl)cc1C(=O)O. The first-order valence-corrected chi connectivity index (χ1v) is 5.02. The Labute approximate surface area is 99.4 Å². The highest BCUT2D eigenvalue weighted by Gasteiger charge is 2.18. The van der Waals surface area contributed by atoms with Crippen LogP contribution >= 0.6 is 11.6 Å². The second-order valence-electron chi connectivity index (χ2n) is 3.89. The van der Waals surface area contributed by atoms with Gasteiger partial charge in [0.2, 0.25) is 0 Å². The van der Waals surface area contributed by atoms with Crippen LogP contribution in [0.15, 0.2) is 18.2 Å². The van der Waals surface area contributed by atoms with E-state index in [-0.39, 0.29) is 5.56 Å². The number of carbonyl (C=O) groups is 1. The van der Waals surface area contributed by atoms with Crippen LogP contribution in [0.3, 0.4) is 0 Å². The highest BCUT2D eigenvalue weighted by molar-refractivity contribution is 6.31. The number of halogens is 1. The summed E-state index contributed by atoms with van der Waals surface area (Å²) in [6.45, 7) is 3.57. The van der Waals surface area contributed by atoms with E-state index in [2.05, 4.69) is 11.2 Å². The Morgan fingerprint density at radius 1 is 1.56 bits per heavy atom. The van der Waals surface area contributed by atoms with Crippen molar-refractivity contribution in [1.29, 1.82) is 0 Å². The van der Waals surface area contributed by atoms with Gasteiger partial charge in [-0.05, 0) is 32.0 Å². The van der Waals surface area contributed by atoms with Gasteiger partial charge in [-0.1, -0.05) is 17.5 Å². The first kappa shape index (κ1) is 12.4. The van der Waals surface area contributed by atoms with E-state index in [0.29, 0.717) is 10.7 Å². The topological polar surface area (TPSA) is 49.3 Å². The summed E-state index contributed by atoms with van der Waals surface area (Å²) in [5.74, 6) is 1.49. The third-order valence-corrected chi connectivity index (χ3v) is 2.26. The Kier molecular flexibility index (Phi) is 3.46. The van der Waals surface area contributed by atoms with Crippen LogP contribution in [-0.2, 0) is 0 Å². The molecule has 0 fully saturated rings. The van der Waals surface area contributed by atoms with Gasteiger partial charge in [0.25, 0.3) is 0 Å². The summed E-state index contributed by atoms with van der Waals surface area (Å²) in [5, 5.41) is 12.4. The quantitative estimate of drug-likeness (QED) is 0.795. The summed E-state index contributed by atoms with van der Waals surface area (Å²) in [6.07, 6.45) is 5.32. The summed E-state index contributed by atoms with van der Waals surface area (Å²) in [4.78, 5) is 11.0. The molecule has 0 radical (unpaired) electrons. The fraction of sp³-hybridized carbons (Fsp3) is 0.250. The fourth-order valence-corrected chi connectivity index (χ4v) is 1.35. The lowest BCUT2D eigenvalue weighted by molar-refractivity contribution is 0.0698. The van der Waals surface area contributed by atoms with Crippen molar-refractivity contribution < 1.29 is 9.90 Å². The monoisotopic (exact) mass is 237 g/mol. The molecule has 0 heterocycles. The Balaban J connectivity index is 3.15. The van der Waals surface area contributed by atoms with Crippen molar-refractivity contribution in [1.82, 2.24) is 0 Å². The maximum atomic E-state index is 11.0. The van der Waals surface area contributed by atoms with Crippen molar-refractivity contribution >= 4 is 23.3 Å². The molecule has 4 heteroatoms. The molecule has 0 amide bonds. The van der Waals surface area contributed by atoms with Crippen molar-refractivity contribution in [2.24, 2.45) is 0 Å². The number of anilines is 1. The molecule has 0 saturated carbocycles. The molecule has 0 atom stereocenters. The summed E-state index contributed by atoms with van der Waals surface area (Å²) < 4.78 is 0. The highest BCUT2D eigenvalue weighted by Crippen LogP contribution is 2.23. The molecule has 0 bridgehead atoms. The maximum absolute atomic E-state index is 11.0. The molecule has 0 aliphatic heterocycles. The Bertz CT molecular complexity index is 461. The molecule has 0 spiro atoms. The molecule has 0 aromatic heterocycles. The summed E-state index contributed by atoms with van der Waals surface area (Å²) in [7, 11) is 0. The molecule has 0 aliphatic carbocycles. The number of rotatable bonds is 3. The summed E-state index contributed by atoms with van der Waals surface area (Å²) in [6, 6.07) is 4.60. The molecule has 1 rings (SSSR count). The minimum absolute atomic E-state index is 0.107. The number of terminal acetylenes is 1. The smallest absolute Gasteiger partial charge is 0.337 e. The lowest BCUT2D eigenvalue weighted by Crippen LogP contribution is -2.29. The molecule has 3 nitrogen and oxygen atoms in total. The lowest BCUT2D eigenvalue weighted by Gasteiger charge is -2.22. The van der Waals surface area contributed by atoms with Gasteiger partial charge in [0, 0.05) is 10.7 Å². The summed E-state index contributed by atoms with van der Waals surface area (Å²) >= 11 is 5.73. The maximum Gasteiger partial charge on any atom is 0.337 e. The van der Waals surface area contributed by atoms with E-state index in [9.17, 15) is 4.79 Å². The van der Waals surface area contributed by atoms with Crippen LogP contribution in [-0.4, -0.2) is 16.6 Å². The lowest BCUT2D eigenvalue weighted by atomic mass is 10.0. The van der Waals surface area contributed by atoms with Gasteiger partial charge >= 0.3 is 5.97 Å². The van der Waals surface area contributed by atoms with Gasteiger partial charge in [-0.15, -0.1) is 6.42 Å². The van der Waals surface area contributed by atoms with E-state index in [0.717, 1.165) is 0 Å². The van der Waals surface area contributed by atoms with E-state index in [1.54, 1.807) is 26.0 Å². The minimum Gasteiger partial charge on any atom is -0.478 e. The molecular weight excluding hydrogens is 226 g/mol. The molecule has 2 N–H and O–H groups in total. The predicted molar refractivity (Wildman–Crippen MR) is 64.9 cm³/mol. The number of carboxylic acids is 1. The normalized spacial score (nSPS) is 10.6. The molecule has 0 aliphatic rings. The largest absolute Gasteiger partial charge is 0.478 e. The van der Waals surface area contributed by atoms with E-state index in [1.807, 2.05) is 0 Å². The zero-order valence-corrected chi connectivity index (χ0v) is 9.80. The standard InChI is InChI=1S/C12H12ClNO2/c1-4-12(2,3)14-10-6-5-8(13)7-9(10)11(15)16/h1,5-7,14H,2-3H3,(H,15,16). The van der Waals surface area contributed by atoms with Crippen LogP contribution in [0.25, 0.3) is 0 Å². The van der Waals surface area contributed by atoms with Gasteiger partial charge in [-0.25, -0.2) is 4.79 Å². The average Bonchev–Trinajstić information content (AvgIpc) is 2.20. The van der Waals surface area contributed by atoms with Crippen molar-refractivity contribution in [3.63, 3.8) is 0 Å². The van der Waals surface area contributed by atoms with Gasteiger partial charge in [-0.3, -0.25) is 0 Å². The van der Waals surface area contributed by atoms with E-state index < -0.39 is 11.5 Å². The van der Waals surface area contributed by atoms with Gasteiger partial charge in [0.05, 0.1) is 11.1 Å². The molecular formula is C12H12ClNO2. The molecule has 1 aromatic rings. The first-order valence-electron chi connectivity index (χ1n) is 4.64. The van der Waals surface area contributed by atoms with Crippen LogP contribution in [0.1, 0.15) is 24.2 Å². The van der Waals surface area contributed by atoms with Crippen LogP contribution in [0.4, 0.5) is 5.69 Å². The molecule has 0 unspecified atom stereocenters. The van der Waals surface area contributed by atoms with Gasteiger partial charge in [0.15, 0.2) is 0 Å². The number of hydrogen-bond acceptors (Lipinski definition) is 2. The number of hydrogen-bond donors (Lipinski definition) is 2. The predicted octanol–water partition coefficient (Wildman–Crippen LogP) is 2.86. The molecule has 0 saturated heterocycles. The Morgan fingerprint density at radius 3 is 2.69 bits per heavy atom. The second-order valence-corrected chi connectivity index (χ2v) is 4.33. The number of nitrogens with one attached hydrogen (secondary N) is 1. The molecule has 84 valence electrons. The van der Waals surface area contributed by atoms with Crippen LogP contribution in [0, 0.1) is 12.3 Å². The van der Waals surface area contributed by atoms with Crippen molar-refractivity contribution in [2.75, 3.05) is 5.32 Å². The highest BCUT2D eigenvalue weighted by atomic mass is 35.5. The number of benzene rings is 1. The molecule has 1 aromatic carbocycles. The van der Waals surface area contributed by atoms with Crippen LogP contribution in [0.2, 0.25) is 5.02 Å². The zero-order valence-electron chi connectivity index (χ0n) is 9.04. The minimum atomic E-state index is -1.04. The first-order chi connectivity index (χ1) is 7.35. The van der Waals surface area contributed by atoms with Crippen molar-refractivity contribution in [3.05, 3.63) is 28.8 Å². The van der Waals surface area contributed by atoms with Gasteiger partial charge in [0.1, 0.15) is 0 Å². The van der Waals surface area contributed by atoms with Crippen LogP contribution in [0.5, 0.6) is 0 Å². The van der Waals surface area contributed by atoms with E-state index in [1.165, 1.54) is 6.07 Å². The van der Waals surface area contributed by atoms with Crippen molar-refractivity contribution in [3.8, 4) is 12.3 Å². The van der Waals surface area contributed by atoms with Crippen molar-refractivity contribution in [2.45, 2.75) is 19.4 Å². The molecule has 16 heavy (non-hydrogen) atoms. The fourth-order valence-electron chi connectivity index (χ4n) is 1.18. The van der Waals surface area contributed by atoms with Crippen LogP contribution < -0.4 is 5.32 Å². The summed E-state index contributed by atoms with van der Waals surface area (Å²) in [5.41, 5.74) is -0.0476. The van der Waals surface area contributed by atoms with E-state index >= 15 is 0 Å². The van der Waals surface area contributed by atoms with Gasteiger partial charge in [-0.2, -0.15) is 0 Å². The second kappa shape index (κ2) is 4.46. The average molecular weight is 238 g/mol. The Hall–Kier alpha value is -1.66. The van der Waals surface area contributed by atoms with E-state index in [4.69, 9.17) is 23.1 Å². The number of aromatic carboxylic acids is 1. The third-order valence-electron chi connectivity index (χ3n) is 2.02. The third kappa shape index (κ3) is 2.91. The van der Waals surface area contributed by atoms with Gasteiger partial charge < -0.3 is 10.4 Å². The number of carboxylic acid groups (broad SMARTS) is 1.